The number of pyridine rings is 1. The molecule has 0 aliphatic carbocycles. The van der Waals surface area contributed by atoms with Crippen LogP contribution in [0.1, 0.15) is 30.9 Å². The predicted molar refractivity (Wildman–Crippen MR) is 129 cm³/mol. The summed E-state index contributed by atoms with van der Waals surface area (Å²) in [7, 11) is 3.45. The van der Waals surface area contributed by atoms with Crippen molar-refractivity contribution in [1.82, 2.24) is 20.5 Å². The van der Waals surface area contributed by atoms with Crippen LogP contribution in [0.4, 0.5) is 0 Å². The molecule has 2 unspecified atom stereocenters. The molecule has 0 amide bonds. The maximum atomic E-state index is 5.32. The second-order valence-corrected chi connectivity index (χ2v) is 7.27. The van der Waals surface area contributed by atoms with E-state index in [1.807, 2.05) is 19.2 Å². The van der Waals surface area contributed by atoms with E-state index < -0.39 is 0 Å². The molecule has 2 N–H and O–H groups in total. The van der Waals surface area contributed by atoms with Crippen LogP contribution in [0.3, 0.4) is 0 Å². The van der Waals surface area contributed by atoms with E-state index in [-0.39, 0.29) is 24.0 Å². The van der Waals surface area contributed by atoms with Gasteiger partial charge < -0.3 is 15.4 Å². The Bertz CT molecular complexity index is 771. The first-order chi connectivity index (χ1) is 13.7. The second kappa shape index (κ2) is 12.0. The Morgan fingerprint density at radius 1 is 1.24 bits per heavy atom. The molecule has 7 heteroatoms. The lowest BCUT2D eigenvalue weighted by Gasteiger charge is -2.38. The summed E-state index contributed by atoms with van der Waals surface area (Å²) in [5.74, 6) is 1.47. The van der Waals surface area contributed by atoms with Crippen molar-refractivity contribution in [3.63, 3.8) is 0 Å². The van der Waals surface area contributed by atoms with Crippen molar-refractivity contribution in [2.75, 3.05) is 20.7 Å². The van der Waals surface area contributed by atoms with Crippen LogP contribution in [0.15, 0.2) is 53.7 Å². The molecule has 3 rings (SSSR count). The van der Waals surface area contributed by atoms with Crippen LogP contribution in [0.5, 0.6) is 5.88 Å². The fourth-order valence-electron chi connectivity index (χ4n) is 3.71. The Morgan fingerprint density at radius 3 is 2.72 bits per heavy atom. The zero-order valence-corrected chi connectivity index (χ0v) is 19.8. The van der Waals surface area contributed by atoms with E-state index in [0.717, 1.165) is 37.5 Å². The number of methoxy groups -OCH3 is 1. The third-order valence-corrected chi connectivity index (χ3v) is 5.30. The van der Waals surface area contributed by atoms with E-state index in [0.29, 0.717) is 24.5 Å². The molecule has 2 atom stereocenters. The van der Waals surface area contributed by atoms with Gasteiger partial charge in [-0.25, -0.2) is 4.98 Å². The van der Waals surface area contributed by atoms with Gasteiger partial charge in [0.1, 0.15) is 0 Å². The summed E-state index contributed by atoms with van der Waals surface area (Å²) < 4.78 is 5.32. The summed E-state index contributed by atoms with van der Waals surface area (Å²) in [6.45, 7) is 5.04. The predicted octanol–water partition coefficient (Wildman–Crippen LogP) is 3.43. The van der Waals surface area contributed by atoms with Crippen molar-refractivity contribution in [2.45, 2.75) is 44.9 Å². The minimum absolute atomic E-state index is 0. The van der Waals surface area contributed by atoms with Crippen molar-refractivity contribution >= 4 is 29.9 Å². The fraction of sp³-hybridized carbons (Fsp3) is 0.455. The summed E-state index contributed by atoms with van der Waals surface area (Å²) in [4.78, 5) is 11.2. The molecule has 1 aliphatic rings. The Balaban J connectivity index is 0.00000300. The number of guanidine groups is 1. The SMILES string of the molecule is CN=C(NCc1cccnc1OC)NC1CCN(Cc2ccccc2)C(C)C1.I. The fourth-order valence-corrected chi connectivity index (χ4v) is 3.71. The molecule has 1 fully saturated rings. The number of aliphatic imine (C=N–C) groups is 1. The van der Waals surface area contributed by atoms with Gasteiger partial charge in [0.15, 0.2) is 5.96 Å². The number of hydrogen-bond acceptors (Lipinski definition) is 4. The number of aromatic nitrogens is 1. The van der Waals surface area contributed by atoms with Gasteiger partial charge in [-0.05, 0) is 31.4 Å². The number of hydrogen-bond donors (Lipinski definition) is 2. The summed E-state index contributed by atoms with van der Waals surface area (Å²) in [6, 6.07) is 15.6. The highest BCUT2D eigenvalue weighted by atomic mass is 127. The average molecular weight is 509 g/mol. The lowest BCUT2D eigenvalue weighted by Crippen LogP contribution is -2.51. The molecule has 1 aromatic carbocycles. The first-order valence-corrected chi connectivity index (χ1v) is 9.92. The number of nitrogens with one attached hydrogen (secondary N) is 2. The topological polar surface area (TPSA) is 61.8 Å². The van der Waals surface area contributed by atoms with Crippen LogP contribution in [-0.2, 0) is 13.1 Å². The molecule has 0 saturated carbocycles. The number of piperidine rings is 1. The van der Waals surface area contributed by atoms with Crippen LogP contribution < -0.4 is 15.4 Å². The van der Waals surface area contributed by atoms with Gasteiger partial charge in [0.25, 0.3) is 0 Å². The van der Waals surface area contributed by atoms with E-state index in [1.54, 1.807) is 13.3 Å². The normalized spacial score (nSPS) is 19.9. The Morgan fingerprint density at radius 2 is 2.03 bits per heavy atom. The highest BCUT2D eigenvalue weighted by molar-refractivity contribution is 14.0. The van der Waals surface area contributed by atoms with Gasteiger partial charge in [0, 0.05) is 50.5 Å². The average Bonchev–Trinajstić information content (AvgIpc) is 2.74. The Hall–Kier alpha value is -1.87. The van der Waals surface area contributed by atoms with E-state index >= 15 is 0 Å². The van der Waals surface area contributed by atoms with Crippen molar-refractivity contribution < 1.29 is 4.74 Å². The standard InChI is InChI=1S/C22H31N5O.HI/c1-17-14-20(11-13-27(17)16-18-8-5-4-6-9-18)26-22(23-2)25-15-19-10-7-12-24-21(19)28-3;/h4-10,12,17,20H,11,13-16H2,1-3H3,(H2,23,25,26);1H. The van der Waals surface area contributed by atoms with Gasteiger partial charge in [0.05, 0.1) is 7.11 Å². The molecule has 1 aromatic heterocycles. The lowest BCUT2D eigenvalue weighted by molar-refractivity contribution is 0.134. The minimum Gasteiger partial charge on any atom is -0.481 e. The van der Waals surface area contributed by atoms with Crippen LogP contribution >= 0.6 is 24.0 Å². The van der Waals surface area contributed by atoms with E-state index in [4.69, 9.17) is 4.74 Å². The summed E-state index contributed by atoms with van der Waals surface area (Å²) in [5, 5.41) is 6.96. The molecule has 2 heterocycles. The van der Waals surface area contributed by atoms with E-state index in [2.05, 4.69) is 62.8 Å². The molecule has 0 bridgehead atoms. The van der Waals surface area contributed by atoms with E-state index in [1.165, 1.54) is 5.56 Å². The number of likely N-dealkylation sites (tertiary alicyclic amines) is 1. The second-order valence-electron chi connectivity index (χ2n) is 7.27. The van der Waals surface area contributed by atoms with Crippen molar-refractivity contribution in [3.05, 3.63) is 59.8 Å². The molecule has 0 spiro atoms. The quantitative estimate of drug-likeness (QED) is 0.355. The largest absolute Gasteiger partial charge is 0.481 e. The van der Waals surface area contributed by atoms with Gasteiger partial charge in [-0.3, -0.25) is 9.89 Å². The molecular weight excluding hydrogens is 477 g/mol. The molecular formula is C22H32IN5O. The smallest absolute Gasteiger partial charge is 0.218 e. The van der Waals surface area contributed by atoms with E-state index in [9.17, 15) is 0 Å². The van der Waals surface area contributed by atoms with Crippen LogP contribution in [0.25, 0.3) is 0 Å². The first kappa shape index (κ1) is 23.4. The van der Waals surface area contributed by atoms with Crippen LogP contribution in [-0.4, -0.2) is 48.6 Å². The van der Waals surface area contributed by atoms with Crippen molar-refractivity contribution in [2.24, 2.45) is 4.99 Å². The van der Waals surface area contributed by atoms with Crippen LogP contribution in [0.2, 0.25) is 0 Å². The molecule has 1 saturated heterocycles. The number of halogens is 1. The molecule has 158 valence electrons. The monoisotopic (exact) mass is 509 g/mol. The highest BCUT2D eigenvalue weighted by Crippen LogP contribution is 2.20. The lowest BCUT2D eigenvalue weighted by atomic mass is 9.97. The molecule has 1 aliphatic heterocycles. The Kier molecular flexibility index (Phi) is 9.66. The molecule has 29 heavy (non-hydrogen) atoms. The summed E-state index contributed by atoms with van der Waals surface area (Å²) >= 11 is 0. The zero-order valence-electron chi connectivity index (χ0n) is 17.5. The van der Waals surface area contributed by atoms with Crippen molar-refractivity contribution in [3.8, 4) is 5.88 Å². The highest BCUT2D eigenvalue weighted by Gasteiger charge is 2.26. The van der Waals surface area contributed by atoms with Crippen LogP contribution in [0, 0.1) is 0 Å². The maximum Gasteiger partial charge on any atom is 0.218 e. The van der Waals surface area contributed by atoms with Gasteiger partial charge in [-0.2, -0.15) is 0 Å². The maximum absolute atomic E-state index is 5.32. The Labute approximate surface area is 191 Å². The molecule has 6 nitrogen and oxygen atoms in total. The summed E-state index contributed by atoms with van der Waals surface area (Å²) in [5.41, 5.74) is 2.39. The van der Waals surface area contributed by atoms with Gasteiger partial charge in [0.2, 0.25) is 5.88 Å². The third-order valence-electron chi connectivity index (χ3n) is 5.30. The van der Waals surface area contributed by atoms with Gasteiger partial charge >= 0.3 is 0 Å². The number of nitrogens with zero attached hydrogens (tertiary/aromatic N) is 3. The van der Waals surface area contributed by atoms with Gasteiger partial charge in [-0.1, -0.05) is 36.4 Å². The number of ether oxygens (including phenoxy) is 1. The third kappa shape index (κ3) is 6.85. The van der Waals surface area contributed by atoms with Gasteiger partial charge in [-0.15, -0.1) is 24.0 Å². The van der Waals surface area contributed by atoms with Crippen molar-refractivity contribution in [1.29, 1.82) is 0 Å². The minimum atomic E-state index is 0. The number of rotatable bonds is 6. The molecule has 2 aromatic rings. The summed E-state index contributed by atoms with van der Waals surface area (Å²) in [6.07, 6.45) is 3.94. The molecule has 0 radical (unpaired) electrons. The first-order valence-electron chi connectivity index (χ1n) is 9.92. The zero-order chi connectivity index (χ0) is 19.8. The number of benzene rings is 1.